The van der Waals surface area contributed by atoms with E-state index in [4.69, 9.17) is 11.6 Å². The van der Waals surface area contributed by atoms with Crippen LogP contribution in [0.1, 0.15) is 11.1 Å². The molecule has 0 amide bonds. The van der Waals surface area contributed by atoms with Gasteiger partial charge in [0.2, 0.25) is 0 Å². The highest BCUT2D eigenvalue weighted by Gasteiger charge is 2.31. The second-order valence-electron chi connectivity index (χ2n) is 5.74. The molecule has 2 aromatic rings. The number of anilines is 1. The van der Waals surface area contributed by atoms with Gasteiger partial charge in [-0.2, -0.15) is 0 Å². The van der Waals surface area contributed by atoms with Crippen molar-refractivity contribution in [2.75, 3.05) is 25.0 Å². The lowest BCUT2D eigenvalue weighted by Gasteiger charge is -2.45. The Morgan fingerprint density at radius 1 is 1.41 bits per heavy atom. The van der Waals surface area contributed by atoms with Crippen molar-refractivity contribution in [2.24, 2.45) is 0 Å². The molecule has 0 unspecified atom stereocenters. The second-order valence-corrected chi connectivity index (χ2v) is 6.15. The molecule has 1 saturated heterocycles. The Kier molecular flexibility index (Phi) is 4.27. The number of hydrogen-bond donors (Lipinski definition) is 0. The van der Waals surface area contributed by atoms with E-state index < -0.39 is 0 Å². The topological polar surface area (TPSA) is 32.3 Å². The summed E-state index contributed by atoms with van der Waals surface area (Å²) in [5.41, 5.74) is 2.03. The van der Waals surface area contributed by atoms with Gasteiger partial charge in [0.15, 0.2) is 0 Å². The number of aryl methyl sites for hydroxylation is 1. The molecule has 0 N–H and O–H groups in total. The summed E-state index contributed by atoms with van der Waals surface area (Å²) in [5.74, 6) is 0.699. The molecular formula is C16H18ClFN4. The van der Waals surface area contributed by atoms with Crippen LogP contribution < -0.4 is 4.90 Å². The van der Waals surface area contributed by atoms with Gasteiger partial charge in [-0.05, 0) is 31.7 Å². The zero-order valence-electron chi connectivity index (χ0n) is 12.6. The quantitative estimate of drug-likeness (QED) is 0.867. The maximum Gasteiger partial charge on any atom is 0.134 e. The van der Waals surface area contributed by atoms with E-state index in [9.17, 15) is 4.39 Å². The van der Waals surface area contributed by atoms with Crippen LogP contribution in [-0.2, 0) is 6.54 Å². The first-order valence-corrected chi connectivity index (χ1v) is 7.58. The minimum absolute atomic E-state index is 0.301. The molecule has 0 bridgehead atoms. The molecule has 6 heteroatoms. The molecule has 0 aliphatic carbocycles. The summed E-state index contributed by atoms with van der Waals surface area (Å²) in [6, 6.07) is 5.00. The third-order valence-electron chi connectivity index (χ3n) is 4.09. The molecule has 0 saturated carbocycles. The predicted molar refractivity (Wildman–Crippen MR) is 85.6 cm³/mol. The number of nitrogens with zero attached hydrogens (tertiary/aromatic N) is 4. The van der Waals surface area contributed by atoms with Crippen molar-refractivity contribution in [2.45, 2.75) is 19.5 Å². The molecule has 1 aliphatic rings. The van der Waals surface area contributed by atoms with Gasteiger partial charge < -0.3 is 4.90 Å². The van der Waals surface area contributed by atoms with Crippen LogP contribution in [-0.4, -0.2) is 41.0 Å². The number of halogens is 2. The molecule has 0 spiro atoms. The van der Waals surface area contributed by atoms with Crippen molar-refractivity contribution in [3.8, 4) is 0 Å². The third-order valence-corrected chi connectivity index (χ3v) is 4.44. The van der Waals surface area contributed by atoms with Crippen LogP contribution in [0.4, 0.5) is 10.2 Å². The SMILES string of the molecule is Cc1cncnc1N1CC(N(C)Cc2ccc(F)cc2Cl)C1. The second kappa shape index (κ2) is 6.18. The van der Waals surface area contributed by atoms with Gasteiger partial charge in [0, 0.05) is 42.5 Å². The zero-order valence-corrected chi connectivity index (χ0v) is 13.4. The van der Waals surface area contributed by atoms with E-state index in [0.717, 1.165) is 30.0 Å². The fourth-order valence-electron chi connectivity index (χ4n) is 2.68. The first-order chi connectivity index (χ1) is 10.5. The third kappa shape index (κ3) is 3.05. The predicted octanol–water partition coefficient (Wildman–Crippen LogP) is 2.90. The number of aromatic nitrogens is 2. The summed E-state index contributed by atoms with van der Waals surface area (Å²) in [6.07, 6.45) is 3.41. The fraction of sp³-hybridized carbons (Fsp3) is 0.375. The molecular weight excluding hydrogens is 303 g/mol. The van der Waals surface area contributed by atoms with Gasteiger partial charge in [-0.3, -0.25) is 4.90 Å². The highest BCUT2D eigenvalue weighted by atomic mass is 35.5. The van der Waals surface area contributed by atoms with Crippen molar-refractivity contribution >= 4 is 17.4 Å². The molecule has 1 aliphatic heterocycles. The van der Waals surface area contributed by atoms with Crippen LogP contribution in [0.5, 0.6) is 0 Å². The van der Waals surface area contributed by atoms with Crippen molar-refractivity contribution in [1.29, 1.82) is 0 Å². The first-order valence-electron chi connectivity index (χ1n) is 7.20. The maximum atomic E-state index is 13.1. The number of rotatable bonds is 4. The molecule has 2 heterocycles. The van der Waals surface area contributed by atoms with Gasteiger partial charge in [0.25, 0.3) is 0 Å². The molecule has 1 fully saturated rings. The standard InChI is InChI=1S/C16H18ClFN4/c1-11-6-19-10-20-16(11)22-8-14(9-22)21(2)7-12-3-4-13(18)5-15(12)17/h3-6,10,14H,7-9H2,1-2H3. The van der Waals surface area contributed by atoms with E-state index >= 15 is 0 Å². The van der Waals surface area contributed by atoms with Gasteiger partial charge in [-0.15, -0.1) is 0 Å². The van der Waals surface area contributed by atoms with Crippen molar-refractivity contribution in [3.05, 3.63) is 52.7 Å². The van der Waals surface area contributed by atoms with Crippen molar-refractivity contribution in [3.63, 3.8) is 0 Å². The normalized spacial score (nSPS) is 15.2. The highest BCUT2D eigenvalue weighted by Crippen LogP contribution is 2.25. The fourth-order valence-corrected chi connectivity index (χ4v) is 2.91. The number of benzene rings is 1. The number of hydrogen-bond acceptors (Lipinski definition) is 4. The smallest absolute Gasteiger partial charge is 0.134 e. The van der Waals surface area contributed by atoms with Gasteiger partial charge >= 0.3 is 0 Å². The summed E-state index contributed by atoms with van der Waals surface area (Å²) >= 11 is 6.09. The van der Waals surface area contributed by atoms with Crippen LogP contribution in [0.15, 0.2) is 30.7 Å². The Morgan fingerprint density at radius 2 is 2.18 bits per heavy atom. The van der Waals surface area contributed by atoms with Crippen LogP contribution in [0.3, 0.4) is 0 Å². The average Bonchev–Trinajstić information content (AvgIpc) is 2.42. The minimum atomic E-state index is -0.301. The van der Waals surface area contributed by atoms with E-state index in [1.807, 2.05) is 13.1 Å². The van der Waals surface area contributed by atoms with Crippen molar-refractivity contribution in [1.82, 2.24) is 14.9 Å². The van der Waals surface area contributed by atoms with Gasteiger partial charge in [-0.25, -0.2) is 14.4 Å². The molecule has 22 heavy (non-hydrogen) atoms. The monoisotopic (exact) mass is 320 g/mol. The van der Waals surface area contributed by atoms with Crippen LogP contribution >= 0.6 is 11.6 Å². The highest BCUT2D eigenvalue weighted by molar-refractivity contribution is 6.31. The molecule has 1 aromatic heterocycles. The van der Waals surface area contributed by atoms with E-state index in [1.165, 1.54) is 12.1 Å². The van der Waals surface area contributed by atoms with Gasteiger partial charge in [0.1, 0.15) is 18.0 Å². The summed E-state index contributed by atoms with van der Waals surface area (Å²) in [5, 5.41) is 0.481. The van der Waals surface area contributed by atoms with E-state index in [2.05, 4.69) is 26.8 Å². The average molecular weight is 321 g/mol. The summed E-state index contributed by atoms with van der Waals surface area (Å²) in [4.78, 5) is 12.8. The molecule has 0 atom stereocenters. The lowest BCUT2D eigenvalue weighted by atomic mass is 10.1. The summed E-state index contributed by atoms with van der Waals surface area (Å²) in [7, 11) is 2.06. The summed E-state index contributed by atoms with van der Waals surface area (Å²) < 4.78 is 13.1. The van der Waals surface area contributed by atoms with Gasteiger partial charge in [-0.1, -0.05) is 17.7 Å². The lowest BCUT2D eigenvalue weighted by molar-refractivity contribution is 0.196. The molecule has 3 rings (SSSR count). The Hall–Kier alpha value is -1.72. The minimum Gasteiger partial charge on any atom is -0.353 e. The zero-order chi connectivity index (χ0) is 15.7. The van der Waals surface area contributed by atoms with Crippen LogP contribution in [0, 0.1) is 12.7 Å². The molecule has 1 aromatic carbocycles. The largest absolute Gasteiger partial charge is 0.353 e. The summed E-state index contributed by atoms with van der Waals surface area (Å²) in [6.45, 7) is 4.57. The van der Waals surface area contributed by atoms with E-state index in [0.29, 0.717) is 17.6 Å². The Bertz CT molecular complexity index is 673. The Morgan fingerprint density at radius 3 is 2.86 bits per heavy atom. The molecule has 4 nitrogen and oxygen atoms in total. The number of likely N-dealkylation sites (N-methyl/N-ethyl adjacent to an activating group) is 1. The van der Waals surface area contributed by atoms with Crippen molar-refractivity contribution < 1.29 is 4.39 Å². The van der Waals surface area contributed by atoms with E-state index in [-0.39, 0.29) is 5.82 Å². The lowest BCUT2D eigenvalue weighted by Crippen LogP contribution is -2.58. The van der Waals surface area contributed by atoms with Crippen LogP contribution in [0.2, 0.25) is 5.02 Å². The maximum absolute atomic E-state index is 13.1. The molecule has 116 valence electrons. The Labute approximate surface area is 134 Å². The Balaban J connectivity index is 1.59. The van der Waals surface area contributed by atoms with E-state index in [1.54, 1.807) is 12.4 Å². The van der Waals surface area contributed by atoms with Gasteiger partial charge in [0.05, 0.1) is 0 Å². The molecule has 0 radical (unpaired) electrons. The first kappa shape index (κ1) is 15.2. The van der Waals surface area contributed by atoms with Crippen LogP contribution in [0.25, 0.3) is 0 Å².